The number of rotatable bonds is 8. The van der Waals surface area contributed by atoms with Crippen LogP contribution in [-0.4, -0.2) is 82.9 Å². The molecule has 0 aromatic carbocycles. The molecule has 0 bridgehead atoms. The summed E-state index contributed by atoms with van der Waals surface area (Å²) in [5, 5.41) is 41.1. The maximum atomic E-state index is 11.3. The number of aliphatic carboxylic acids is 2. The number of aliphatic hydroxyl groups excluding tert-OH is 2. The van der Waals surface area contributed by atoms with Gasteiger partial charge in [-0.25, -0.2) is 9.59 Å². The van der Waals surface area contributed by atoms with E-state index in [1.165, 1.54) is 6.42 Å². The zero-order valence-corrected chi connectivity index (χ0v) is 22.7. The molecule has 0 spiro atoms. The van der Waals surface area contributed by atoms with Crippen molar-refractivity contribution < 1.29 is 34.9 Å². The Balaban J connectivity index is 0.000000678. The second-order valence-corrected chi connectivity index (χ2v) is 12.0. The van der Waals surface area contributed by atoms with Crippen molar-refractivity contribution in [1.82, 2.24) is 4.90 Å². The van der Waals surface area contributed by atoms with Gasteiger partial charge in [-0.15, -0.1) is 0 Å². The van der Waals surface area contributed by atoms with Crippen molar-refractivity contribution in [1.29, 1.82) is 0 Å². The number of oxime groups is 1. The van der Waals surface area contributed by atoms with Gasteiger partial charge in [0.2, 0.25) is 0 Å². The van der Waals surface area contributed by atoms with Crippen LogP contribution < -0.4 is 0 Å². The molecule has 208 valence electrons. The van der Waals surface area contributed by atoms with Crippen LogP contribution in [0.2, 0.25) is 0 Å². The third-order valence-corrected chi connectivity index (χ3v) is 9.25. The molecule has 0 aliphatic heterocycles. The first-order chi connectivity index (χ1) is 16.9. The quantitative estimate of drug-likeness (QED) is 0.168. The average Bonchev–Trinajstić information content (AvgIpc) is 2.79. The number of carboxylic acids is 2. The molecule has 4 N–H and O–H groups in total. The molecule has 0 heterocycles. The highest BCUT2D eigenvalue weighted by atomic mass is 16.6. The van der Waals surface area contributed by atoms with Gasteiger partial charge in [-0.2, -0.15) is 0 Å². The minimum Gasteiger partial charge on any atom is -0.473 e. The fourth-order valence-electron chi connectivity index (χ4n) is 7.27. The molecule has 0 radical (unpaired) electrons. The predicted molar refractivity (Wildman–Crippen MR) is 138 cm³/mol. The maximum Gasteiger partial charge on any atom is 0.414 e. The van der Waals surface area contributed by atoms with Gasteiger partial charge in [0.1, 0.15) is 6.61 Å². The molecule has 8 atom stereocenters. The molecule has 0 aromatic rings. The zero-order chi connectivity index (χ0) is 27.1. The van der Waals surface area contributed by atoms with Crippen molar-refractivity contribution in [2.24, 2.45) is 39.7 Å². The van der Waals surface area contributed by atoms with E-state index in [2.05, 4.69) is 30.8 Å². The van der Waals surface area contributed by atoms with Gasteiger partial charge >= 0.3 is 11.9 Å². The topological polar surface area (TPSA) is 140 Å². The molecular weight excluding hydrogens is 464 g/mol. The van der Waals surface area contributed by atoms with Crippen LogP contribution in [0, 0.1) is 34.5 Å². The molecule has 3 aliphatic carbocycles. The second kappa shape index (κ2) is 13.2. The highest BCUT2D eigenvalue weighted by molar-refractivity contribution is 6.27. The molecule has 3 aliphatic rings. The number of likely N-dealkylation sites (N-methyl/N-ethyl adjacent to an activating group) is 1. The van der Waals surface area contributed by atoms with Crippen molar-refractivity contribution in [3.8, 4) is 0 Å². The van der Waals surface area contributed by atoms with E-state index in [0.29, 0.717) is 24.4 Å². The van der Waals surface area contributed by atoms with E-state index in [0.717, 1.165) is 57.9 Å². The highest BCUT2D eigenvalue weighted by Gasteiger charge is 2.57. The Morgan fingerprint density at radius 1 is 1.11 bits per heavy atom. The molecule has 0 aromatic heterocycles. The number of fused-ring (bicyclic) bond motifs is 3. The number of nitrogens with zero attached hydrogens (tertiary/aromatic N) is 2. The first-order valence-electron chi connectivity index (χ1n) is 13.5. The minimum absolute atomic E-state index is 0.0866. The van der Waals surface area contributed by atoms with Crippen molar-refractivity contribution in [2.75, 3.05) is 27.2 Å². The van der Waals surface area contributed by atoms with Crippen LogP contribution in [0.5, 0.6) is 0 Å². The van der Waals surface area contributed by atoms with Crippen LogP contribution in [0.1, 0.15) is 78.6 Å². The normalized spacial score (nSPS) is 38.0. The number of aliphatic hydroxyl groups is 2. The molecule has 1 unspecified atom stereocenters. The van der Waals surface area contributed by atoms with Gasteiger partial charge < -0.3 is 30.2 Å². The fraction of sp³-hybridized carbons (Fsp3) is 0.889. The van der Waals surface area contributed by atoms with Crippen molar-refractivity contribution >= 4 is 18.2 Å². The van der Waals surface area contributed by atoms with E-state index in [1.54, 1.807) is 0 Å². The number of hydrogen-bond donors (Lipinski definition) is 4. The van der Waals surface area contributed by atoms with Gasteiger partial charge in [0, 0.05) is 12.8 Å². The zero-order valence-electron chi connectivity index (χ0n) is 22.7. The molecule has 0 saturated heterocycles. The summed E-state index contributed by atoms with van der Waals surface area (Å²) in [5.74, 6) is -1.81. The third kappa shape index (κ3) is 7.42. The molecule has 36 heavy (non-hydrogen) atoms. The van der Waals surface area contributed by atoms with Crippen LogP contribution in [0.25, 0.3) is 0 Å². The van der Waals surface area contributed by atoms with E-state index in [9.17, 15) is 10.2 Å². The summed E-state index contributed by atoms with van der Waals surface area (Å²) in [6.45, 7) is 8.46. The maximum absolute atomic E-state index is 11.3. The van der Waals surface area contributed by atoms with E-state index in [1.807, 2.05) is 20.3 Å². The van der Waals surface area contributed by atoms with Gasteiger partial charge in [-0.05, 0) is 100.0 Å². The summed E-state index contributed by atoms with van der Waals surface area (Å²) in [4.78, 5) is 25.6. The molecule has 9 nitrogen and oxygen atoms in total. The van der Waals surface area contributed by atoms with Crippen LogP contribution in [0.15, 0.2) is 5.16 Å². The van der Waals surface area contributed by atoms with Gasteiger partial charge in [-0.3, -0.25) is 0 Å². The minimum atomic E-state index is -1.82. The average molecular weight is 513 g/mol. The SMILES string of the molecule is CCC[C@@]1(C)CC[C@H]2[C@@H](CC[C@@H]3C[C@@H](O)C(C/C=N/OCCN(C)C)C[C@@]32C)[C@@H]1O.O=C(O)C(=O)O. The van der Waals surface area contributed by atoms with Crippen LogP contribution in [-0.2, 0) is 14.4 Å². The first-order valence-corrected chi connectivity index (χ1v) is 13.5. The van der Waals surface area contributed by atoms with Crippen LogP contribution in [0.3, 0.4) is 0 Å². The lowest BCUT2D eigenvalue weighted by atomic mass is 9.45. The van der Waals surface area contributed by atoms with Gasteiger partial charge in [-0.1, -0.05) is 32.3 Å². The summed E-state index contributed by atoms with van der Waals surface area (Å²) in [6.07, 6.45) is 11.1. The summed E-state index contributed by atoms with van der Waals surface area (Å²) in [6, 6.07) is 0. The van der Waals surface area contributed by atoms with Crippen molar-refractivity contribution in [2.45, 2.75) is 90.8 Å². The van der Waals surface area contributed by atoms with Crippen LogP contribution in [0.4, 0.5) is 0 Å². The number of carboxylic acid groups (broad SMARTS) is 2. The lowest BCUT2D eigenvalue weighted by Gasteiger charge is -2.61. The molecule has 3 fully saturated rings. The fourth-order valence-corrected chi connectivity index (χ4v) is 7.27. The number of hydrogen-bond acceptors (Lipinski definition) is 7. The molecule has 3 rings (SSSR count). The summed E-state index contributed by atoms with van der Waals surface area (Å²) in [7, 11) is 4.04. The van der Waals surface area contributed by atoms with Gasteiger partial charge in [0.05, 0.1) is 12.2 Å². The first kappa shape index (κ1) is 30.5. The Kier molecular flexibility index (Phi) is 11.2. The third-order valence-electron chi connectivity index (χ3n) is 9.25. The Morgan fingerprint density at radius 2 is 1.78 bits per heavy atom. The second-order valence-electron chi connectivity index (χ2n) is 12.0. The lowest BCUT2D eigenvalue weighted by Crippen LogP contribution is -2.57. The van der Waals surface area contributed by atoms with E-state index in [-0.39, 0.29) is 29.0 Å². The van der Waals surface area contributed by atoms with Gasteiger partial charge in [0.25, 0.3) is 0 Å². The van der Waals surface area contributed by atoms with E-state index >= 15 is 0 Å². The predicted octanol–water partition coefficient (Wildman–Crippen LogP) is 3.48. The molecule has 3 saturated carbocycles. The Labute approximate surface area is 215 Å². The van der Waals surface area contributed by atoms with Crippen LogP contribution >= 0.6 is 0 Å². The molecule has 0 amide bonds. The van der Waals surface area contributed by atoms with Crippen molar-refractivity contribution in [3.05, 3.63) is 0 Å². The van der Waals surface area contributed by atoms with E-state index < -0.39 is 11.9 Å². The summed E-state index contributed by atoms with van der Waals surface area (Å²) < 4.78 is 0. The monoisotopic (exact) mass is 512 g/mol. The van der Waals surface area contributed by atoms with Crippen molar-refractivity contribution in [3.63, 3.8) is 0 Å². The number of carbonyl (C=O) groups is 2. The Hall–Kier alpha value is -1.71. The molecular formula is C27H48N2O7. The summed E-state index contributed by atoms with van der Waals surface area (Å²) >= 11 is 0. The van der Waals surface area contributed by atoms with E-state index in [4.69, 9.17) is 24.6 Å². The standard InChI is InChI=1S/C25H46N2O3.C2H2O4/c1-6-11-24(2)12-9-21-20(23(24)29)8-7-19-16-22(28)18(17-25(19,21)3)10-13-26-30-15-14-27(4)5;3-1(4)2(5)6/h13,18-23,28-29H,6-12,14-17H2,1-5H3;(H,3,4)(H,5,6)/b26-13+;/t18?,19-,20-,21+,22-,23+,24+,25+;/m1./s1. The lowest BCUT2D eigenvalue weighted by molar-refractivity contribution is -0.167. The smallest absolute Gasteiger partial charge is 0.414 e. The van der Waals surface area contributed by atoms with Gasteiger partial charge in [0.15, 0.2) is 0 Å². The molecule has 9 heteroatoms. The Morgan fingerprint density at radius 3 is 2.36 bits per heavy atom. The Bertz CT molecular complexity index is 748. The highest BCUT2D eigenvalue weighted by Crippen LogP contribution is 2.62. The largest absolute Gasteiger partial charge is 0.473 e. The summed E-state index contributed by atoms with van der Waals surface area (Å²) in [5.41, 5.74) is 0.310.